The largest absolute Gasteiger partial charge is 0.298 e. The molecule has 0 aromatic heterocycles. The van der Waals surface area contributed by atoms with Crippen molar-refractivity contribution in [2.24, 2.45) is 10.9 Å². The molecule has 1 heterocycles. The summed E-state index contributed by atoms with van der Waals surface area (Å²) in [5.41, 5.74) is 0. The van der Waals surface area contributed by atoms with Crippen LogP contribution in [0.25, 0.3) is 0 Å². The van der Waals surface area contributed by atoms with Gasteiger partial charge in [-0.1, -0.05) is 26.2 Å². The van der Waals surface area contributed by atoms with Crippen LogP contribution >= 0.6 is 0 Å². The molecule has 0 fully saturated rings. The minimum Gasteiger partial charge on any atom is -0.298 e. The number of hydrogen-bond donors (Lipinski definition) is 0. The number of unbranched alkanes of at least 4 members (excludes halogenated alkanes) is 1. The molecule has 0 amide bonds. The Labute approximate surface area is 63.5 Å². The molecule has 1 heteroatoms. The van der Waals surface area contributed by atoms with Crippen molar-refractivity contribution in [3.63, 3.8) is 0 Å². The lowest BCUT2D eigenvalue weighted by molar-refractivity contribution is 0.445. The van der Waals surface area contributed by atoms with E-state index in [1.807, 2.05) is 0 Å². The van der Waals surface area contributed by atoms with Gasteiger partial charge in [0, 0.05) is 6.54 Å². The zero-order valence-corrected chi connectivity index (χ0v) is 6.84. The van der Waals surface area contributed by atoms with Crippen LogP contribution in [0.5, 0.6) is 0 Å². The predicted octanol–water partition coefficient (Wildman–Crippen LogP) is 2.66. The van der Waals surface area contributed by atoms with E-state index in [1.165, 1.54) is 32.1 Å². The SMILES string of the molecule is CCCCC1CC=NCC1. The second kappa shape index (κ2) is 4.48. The summed E-state index contributed by atoms with van der Waals surface area (Å²) in [5.74, 6) is 0.956. The summed E-state index contributed by atoms with van der Waals surface area (Å²) in [7, 11) is 0. The Morgan fingerprint density at radius 2 is 2.50 bits per heavy atom. The van der Waals surface area contributed by atoms with Gasteiger partial charge in [-0.2, -0.15) is 0 Å². The molecule has 0 bridgehead atoms. The van der Waals surface area contributed by atoms with Crippen molar-refractivity contribution in [3.8, 4) is 0 Å². The lowest BCUT2D eigenvalue weighted by Gasteiger charge is -2.15. The van der Waals surface area contributed by atoms with Crippen LogP contribution in [0.3, 0.4) is 0 Å². The average Bonchev–Trinajstić information content (AvgIpc) is 2.03. The second-order valence-corrected chi connectivity index (χ2v) is 3.12. The first-order valence-electron chi connectivity index (χ1n) is 4.41. The maximum Gasteiger partial charge on any atom is 0.0388 e. The molecule has 1 nitrogen and oxygen atoms in total. The highest BCUT2D eigenvalue weighted by atomic mass is 14.7. The first kappa shape index (κ1) is 7.77. The number of rotatable bonds is 3. The monoisotopic (exact) mass is 139 g/mol. The van der Waals surface area contributed by atoms with Gasteiger partial charge in [0.05, 0.1) is 0 Å². The minimum atomic E-state index is 0.956. The topological polar surface area (TPSA) is 12.4 Å². The Kier molecular flexibility index (Phi) is 3.48. The zero-order chi connectivity index (χ0) is 7.23. The van der Waals surface area contributed by atoms with Crippen LogP contribution in [-0.2, 0) is 0 Å². The van der Waals surface area contributed by atoms with Gasteiger partial charge in [-0.25, -0.2) is 0 Å². The molecule has 0 spiro atoms. The summed E-state index contributed by atoms with van der Waals surface area (Å²) in [6.07, 6.45) is 8.83. The zero-order valence-electron chi connectivity index (χ0n) is 6.84. The maximum atomic E-state index is 4.21. The first-order chi connectivity index (χ1) is 4.93. The highest BCUT2D eigenvalue weighted by Gasteiger charge is 2.08. The van der Waals surface area contributed by atoms with Crippen molar-refractivity contribution in [2.75, 3.05) is 6.54 Å². The van der Waals surface area contributed by atoms with E-state index in [0.29, 0.717) is 0 Å². The van der Waals surface area contributed by atoms with Gasteiger partial charge in [0.2, 0.25) is 0 Å². The third-order valence-corrected chi connectivity index (χ3v) is 2.20. The van der Waals surface area contributed by atoms with E-state index in [9.17, 15) is 0 Å². The fourth-order valence-electron chi connectivity index (χ4n) is 1.44. The summed E-state index contributed by atoms with van der Waals surface area (Å²) in [6, 6.07) is 0. The minimum absolute atomic E-state index is 0.956. The molecule has 0 saturated heterocycles. The summed E-state index contributed by atoms with van der Waals surface area (Å²) in [6.45, 7) is 3.34. The molecule has 0 aliphatic carbocycles. The van der Waals surface area contributed by atoms with E-state index < -0.39 is 0 Å². The number of hydrogen-bond acceptors (Lipinski definition) is 1. The highest BCUT2D eigenvalue weighted by molar-refractivity contribution is 5.58. The summed E-state index contributed by atoms with van der Waals surface area (Å²) in [5, 5.41) is 0. The molecule has 1 atom stereocenters. The van der Waals surface area contributed by atoms with Gasteiger partial charge < -0.3 is 0 Å². The molecule has 0 saturated carbocycles. The third kappa shape index (κ3) is 2.51. The maximum absolute atomic E-state index is 4.21. The van der Waals surface area contributed by atoms with E-state index in [0.717, 1.165) is 12.5 Å². The van der Waals surface area contributed by atoms with Crippen LogP contribution in [0.4, 0.5) is 0 Å². The lowest BCUT2D eigenvalue weighted by Crippen LogP contribution is -2.07. The number of aliphatic imine (C=N–C) groups is 1. The van der Waals surface area contributed by atoms with Crippen molar-refractivity contribution in [3.05, 3.63) is 0 Å². The molecule has 0 radical (unpaired) electrons. The summed E-state index contributed by atoms with van der Waals surface area (Å²) in [4.78, 5) is 4.21. The Hall–Kier alpha value is -0.330. The van der Waals surface area contributed by atoms with Crippen LogP contribution < -0.4 is 0 Å². The molecule has 1 unspecified atom stereocenters. The van der Waals surface area contributed by atoms with E-state index in [-0.39, 0.29) is 0 Å². The Morgan fingerprint density at radius 1 is 1.60 bits per heavy atom. The summed E-state index contributed by atoms with van der Waals surface area (Å²) < 4.78 is 0. The molecule has 1 aliphatic rings. The Balaban J connectivity index is 2.10. The van der Waals surface area contributed by atoms with Crippen molar-refractivity contribution >= 4 is 6.21 Å². The fraction of sp³-hybridized carbons (Fsp3) is 0.889. The molecule has 0 N–H and O–H groups in total. The summed E-state index contributed by atoms with van der Waals surface area (Å²) >= 11 is 0. The second-order valence-electron chi connectivity index (χ2n) is 3.12. The smallest absolute Gasteiger partial charge is 0.0388 e. The quantitative estimate of drug-likeness (QED) is 0.570. The lowest BCUT2D eigenvalue weighted by atomic mass is 9.94. The number of nitrogens with zero attached hydrogens (tertiary/aromatic N) is 1. The molecule has 1 rings (SSSR count). The highest BCUT2D eigenvalue weighted by Crippen LogP contribution is 2.18. The molecule has 1 aliphatic heterocycles. The van der Waals surface area contributed by atoms with E-state index >= 15 is 0 Å². The van der Waals surface area contributed by atoms with Crippen LogP contribution in [0.2, 0.25) is 0 Å². The van der Waals surface area contributed by atoms with Crippen molar-refractivity contribution in [1.29, 1.82) is 0 Å². The molecular formula is C9H17N. The van der Waals surface area contributed by atoms with Crippen LogP contribution in [0.15, 0.2) is 4.99 Å². The van der Waals surface area contributed by atoms with Crippen LogP contribution in [0, 0.1) is 5.92 Å². The molecule has 10 heavy (non-hydrogen) atoms. The fourth-order valence-corrected chi connectivity index (χ4v) is 1.44. The van der Waals surface area contributed by atoms with Gasteiger partial charge in [-0.05, 0) is 25.0 Å². The van der Waals surface area contributed by atoms with Gasteiger partial charge in [0.15, 0.2) is 0 Å². The standard InChI is InChI=1S/C9H17N/c1-2-3-4-9-5-7-10-8-6-9/h7,9H,2-6,8H2,1H3. The average molecular weight is 139 g/mol. The predicted molar refractivity (Wildman–Crippen MR) is 45.6 cm³/mol. The Morgan fingerprint density at radius 3 is 3.10 bits per heavy atom. The van der Waals surface area contributed by atoms with Gasteiger partial charge >= 0.3 is 0 Å². The van der Waals surface area contributed by atoms with E-state index in [2.05, 4.69) is 18.1 Å². The third-order valence-electron chi connectivity index (χ3n) is 2.20. The van der Waals surface area contributed by atoms with Gasteiger partial charge in [-0.3, -0.25) is 4.99 Å². The Bertz CT molecular complexity index is 107. The molecule has 0 aromatic carbocycles. The van der Waals surface area contributed by atoms with Crippen molar-refractivity contribution < 1.29 is 0 Å². The van der Waals surface area contributed by atoms with Crippen molar-refractivity contribution in [1.82, 2.24) is 0 Å². The van der Waals surface area contributed by atoms with E-state index in [4.69, 9.17) is 0 Å². The van der Waals surface area contributed by atoms with Crippen LogP contribution in [0.1, 0.15) is 39.0 Å². The normalized spacial score (nSPS) is 25.1. The van der Waals surface area contributed by atoms with Gasteiger partial charge in [0.1, 0.15) is 0 Å². The van der Waals surface area contributed by atoms with E-state index in [1.54, 1.807) is 0 Å². The van der Waals surface area contributed by atoms with Gasteiger partial charge in [-0.15, -0.1) is 0 Å². The van der Waals surface area contributed by atoms with Gasteiger partial charge in [0.25, 0.3) is 0 Å². The first-order valence-corrected chi connectivity index (χ1v) is 4.41. The van der Waals surface area contributed by atoms with Crippen LogP contribution in [-0.4, -0.2) is 12.8 Å². The molecule has 58 valence electrons. The van der Waals surface area contributed by atoms with Crippen molar-refractivity contribution in [2.45, 2.75) is 39.0 Å². The molecular weight excluding hydrogens is 122 g/mol. The molecule has 0 aromatic rings.